The Balaban J connectivity index is -0.000000167. The molecule has 0 saturated carbocycles. The molecule has 0 aromatic carbocycles. The van der Waals surface area contributed by atoms with E-state index >= 15 is 0 Å². The smallest absolute Gasteiger partial charge is 1.00 e. The summed E-state index contributed by atoms with van der Waals surface area (Å²) in [7, 11) is 8.49. The molecule has 0 heterocycles. The minimum atomic E-state index is -2.44. The van der Waals surface area contributed by atoms with Crippen molar-refractivity contribution < 1.29 is 69.6 Å². The van der Waals surface area contributed by atoms with Gasteiger partial charge in [-0.25, -0.2) is 14.0 Å². The van der Waals surface area contributed by atoms with Crippen molar-refractivity contribution in [2.24, 2.45) is 0 Å². The number of hydrogen-bond acceptors (Lipinski definition) is 1. The Morgan fingerprint density at radius 3 is 0.857 bits per heavy atom. The van der Waals surface area contributed by atoms with Gasteiger partial charge in [0.05, 0.1) is 0 Å². The normalized spacial score (nSPS) is 10.6. The van der Waals surface area contributed by atoms with Crippen LogP contribution in [0.4, 0.5) is 0 Å². The van der Waals surface area contributed by atoms with Gasteiger partial charge in [0.1, 0.15) is 0 Å². The SMILES string of the molecule is CN(C)P(=O)(N(C)C)N(C)C.[Cu+2].[I-].[I-]. The molecule has 93 valence electrons. The molecular formula is C6H18CuI2N3OP. The second-order valence-corrected chi connectivity index (χ2v) is 6.48. The first kappa shape index (κ1) is 25.1. The third-order valence-electron chi connectivity index (χ3n) is 1.56. The number of nitrogens with zero attached hydrogens (tertiary/aromatic N) is 3. The number of rotatable bonds is 3. The predicted molar refractivity (Wildman–Crippen MR) is 48.7 cm³/mol. The van der Waals surface area contributed by atoms with E-state index in [0.717, 1.165) is 0 Å². The van der Waals surface area contributed by atoms with Crippen LogP contribution >= 0.6 is 7.59 Å². The molecule has 0 saturated heterocycles. The molecule has 8 heteroatoms. The molecule has 0 amide bonds. The molecule has 0 aromatic rings. The van der Waals surface area contributed by atoms with Crippen molar-refractivity contribution in [2.45, 2.75) is 0 Å². The fourth-order valence-corrected chi connectivity index (χ4v) is 3.22. The molecule has 4 nitrogen and oxygen atoms in total. The van der Waals surface area contributed by atoms with Gasteiger partial charge in [0.15, 0.2) is 0 Å². The van der Waals surface area contributed by atoms with Crippen LogP contribution in [0.5, 0.6) is 0 Å². The van der Waals surface area contributed by atoms with Gasteiger partial charge in [0.25, 0.3) is 7.59 Å². The summed E-state index contributed by atoms with van der Waals surface area (Å²) in [5, 5.41) is 0. The van der Waals surface area contributed by atoms with Gasteiger partial charge in [-0.2, -0.15) is 0 Å². The van der Waals surface area contributed by atoms with Crippen LogP contribution < -0.4 is 48.0 Å². The van der Waals surface area contributed by atoms with Gasteiger partial charge >= 0.3 is 17.1 Å². The monoisotopic (exact) mass is 496 g/mol. The van der Waals surface area contributed by atoms with Crippen LogP contribution in [0.2, 0.25) is 0 Å². The molecule has 0 aliphatic rings. The maximum atomic E-state index is 12.1. The van der Waals surface area contributed by atoms with Gasteiger partial charge in [0.2, 0.25) is 0 Å². The van der Waals surface area contributed by atoms with Crippen LogP contribution in [0.15, 0.2) is 0 Å². The van der Waals surface area contributed by atoms with Crippen LogP contribution in [0.1, 0.15) is 0 Å². The average Bonchev–Trinajstić information content (AvgIpc) is 1.84. The molecule has 14 heavy (non-hydrogen) atoms. The summed E-state index contributed by atoms with van der Waals surface area (Å²) >= 11 is 0. The number of hydrogen-bond donors (Lipinski definition) is 0. The second kappa shape index (κ2) is 10.3. The van der Waals surface area contributed by atoms with Gasteiger partial charge in [-0.1, -0.05) is 0 Å². The van der Waals surface area contributed by atoms with E-state index in [-0.39, 0.29) is 65.0 Å². The van der Waals surface area contributed by atoms with Crippen LogP contribution in [0, 0.1) is 0 Å². The molecule has 1 radical (unpaired) electrons. The van der Waals surface area contributed by atoms with Crippen LogP contribution in [-0.4, -0.2) is 56.3 Å². The summed E-state index contributed by atoms with van der Waals surface area (Å²) in [6.45, 7) is 0. The van der Waals surface area contributed by atoms with E-state index in [1.807, 2.05) is 42.3 Å². The topological polar surface area (TPSA) is 26.8 Å². The van der Waals surface area contributed by atoms with Crippen molar-refractivity contribution in [3.63, 3.8) is 0 Å². The molecule has 0 N–H and O–H groups in total. The van der Waals surface area contributed by atoms with Crippen LogP contribution in [0.25, 0.3) is 0 Å². The van der Waals surface area contributed by atoms with Gasteiger partial charge in [-0.3, -0.25) is 4.57 Å². The Kier molecular flexibility index (Phi) is 18.4. The average molecular weight is 497 g/mol. The predicted octanol–water partition coefficient (Wildman–Crippen LogP) is -5.22. The second-order valence-electron chi connectivity index (χ2n) is 3.05. The Hall–Kier alpha value is 2.09. The molecule has 0 atom stereocenters. The Bertz CT molecular complexity index is 152. The minimum Gasteiger partial charge on any atom is -1.00 e. The van der Waals surface area contributed by atoms with Crippen molar-refractivity contribution >= 4 is 7.59 Å². The maximum Gasteiger partial charge on any atom is 2.00 e. The standard InChI is InChI=1S/C6H18N3OP.Cu.2HI/c1-7(2)11(10,8(3)4)9(5)6;;;/h1-6H3;;2*1H/q;+2;;/p-2. The molecule has 0 rings (SSSR count). The summed E-state index contributed by atoms with van der Waals surface area (Å²) in [5.74, 6) is 0. The zero-order chi connectivity index (χ0) is 9.23. The van der Waals surface area contributed by atoms with Gasteiger partial charge < -0.3 is 48.0 Å². The van der Waals surface area contributed by atoms with Crippen molar-refractivity contribution in [3.8, 4) is 0 Å². The first-order valence-corrected chi connectivity index (χ1v) is 5.03. The minimum absolute atomic E-state index is 0. The quantitative estimate of drug-likeness (QED) is 0.222. The maximum absolute atomic E-state index is 12.1. The Morgan fingerprint density at radius 1 is 0.714 bits per heavy atom. The molecule has 0 fully saturated rings. The Morgan fingerprint density at radius 2 is 0.857 bits per heavy atom. The molecule has 0 spiro atoms. The molecular weight excluding hydrogens is 478 g/mol. The van der Waals surface area contributed by atoms with E-state index in [1.54, 1.807) is 14.0 Å². The van der Waals surface area contributed by atoms with E-state index in [2.05, 4.69) is 0 Å². The van der Waals surface area contributed by atoms with Crippen molar-refractivity contribution in [3.05, 3.63) is 0 Å². The summed E-state index contributed by atoms with van der Waals surface area (Å²) < 4.78 is 17.3. The fourth-order valence-electron chi connectivity index (χ4n) is 1.07. The fraction of sp³-hybridized carbons (Fsp3) is 1.00. The van der Waals surface area contributed by atoms with E-state index in [9.17, 15) is 4.57 Å². The van der Waals surface area contributed by atoms with Gasteiger partial charge in [-0.15, -0.1) is 0 Å². The largest absolute Gasteiger partial charge is 2.00 e. The van der Waals surface area contributed by atoms with Crippen molar-refractivity contribution in [1.29, 1.82) is 0 Å². The van der Waals surface area contributed by atoms with Gasteiger partial charge in [-0.05, 0) is 42.3 Å². The first-order valence-electron chi connectivity index (χ1n) is 3.47. The van der Waals surface area contributed by atoms with Crippen molar-refractivity contribution in [2.75, 3.05) is 42.3 Å². The Labute approximate surface area is 132 Å². The molecule has 0 aliphatic carbocycles. The summed E-state index contributed by atoms with van der Waals surface area (Å²) in [6, 6.07) is 0. The van der Waals surface area contributed by atoms with E-state index < -0.39 is 7.59 Å². The molecule has 0 aliphatic heterocycles. The zero-order valence-electron chi connectivity index (χ0n) is 9.25. The number of halogens is 2. The summed E-state index contributed by atoms with van der Waals surface area (Å²) in [4.78, 5) is 0. The summed E-state index contributed by atoms with van der Waals surface area (Å²) in [5.41, 5.74) is 0. The molecule has 0 aromatic heterocycles. The van der Waals surface area contributed by atoms with E-state index in [0.29, 0.717) is 0 Å². The first-order chi connectivity index (χ1) is 4.83. The van der Waals surface area contributed by atoms with Gasteiger partial charge in [0, 0.05) is 0 Å². The third-order valence-corrected chi connectivity index (χ3v) is 4.69. The van der Waals surface area contributed by atoms with E-state index in [4.69, 9.17) is 0 Å². The third kappa shape index (κ3) is 5.98. The van der Waals surface area contributed by atoms with Crippen LogP contribution in [0.3, 0.4) is 0 Å². The molecule has 0 unspecified atom stereocenters. The molecule has 0 bridgehead atoms. The summed E-state index contributed by atoms with van der Waals surface area (Å²) in [6.07, 6.45) is 0. The zero-order valence-corrected chi connectivity index (χ0v) is 15.4. The van der Waals surface area contributed by atoms with Crippen molar-refractivity contribution in [1.82, 2.24) is 14.0 Å². The van der Waals surface area contributed by atoms with E-state index in [1.165, 1.54) is 0 Å². The van der Waals surface area contributed by atoms with Crippen LogP contribution in [-0.2, 0) is 21.6 Å².